The Morgan fingerprint density at radius 1 is 1.38 bits per heavy atom. The molecular formula is C7H11Cl2NO3. The van der Waals surface area contributed by atoms with Gasteiger partial charge < -0.3 is 9.57 Å². The standard InChI is InChI=1S/C7H11Cl2NO3/c1-4(2)10-13-5(6(8)9)7(11)12-3/h5-6H,1-3H3. The number of halogens is 2. The van der Waals surface area contributed by atoms with E-state index >= 15 is 0 Å². The predicted molar refractivity (Wildman–Crippen MR) is 51.2 cm³/mol. The van der Waals surface area contributed by atoms with Crippen molar-refractivity contribution in [3.63, 3.8) is 0 Å². The van der Waals surface area contributed by atoms with Gasteiger partial charge in [-0.15, -0.1) is 23.2 Å². The number of hydrogen-bond acceptors (Lipinski definition) is 4. The van der Waals surface area contributed by atoms with Crippen molar-refractivity contribution in [1.29, 1.82) is 0 Å². The fourth-order valence-corrected chi connectivity index (χ4v) is 0.768. The Bertz CT molecular complexity index is 202. The summed E-state index contributed by atoms with van der Waals surface area (Å²) in [4.78, 5) is 14.7. The van der Waals surface area contributed by atoms with Gasteiger partial charge in [-0.2, -0.15) is 0 Å². The van der Waals surface area contributed by atoms with Gasteiger partial charge in [0.05, 0.1) is 12.8 Å². The first-order valence-electron chi connectivity index (χ1n) is 3.52. The number of carbonyl (C=O) groups is 1. The second-order valence-electron chi connectivity index (χ2n) is 2.42. The van der Waals surface area contributed by atoms with Crippen LogP contribution < -0.4 is 0 Å². The van der Waals surface area contributed by atoms with E-state index in [1.165, 1.54) is 7.11 Å². The number of carbonyl (C=O) groups excluding carboxylic acids is 1. The molecule has 0 aromatic rings. The first-order chi connectivity index (χ1) is 5.99. The van der Waals surface area contributed by atoms with Crippen LogP contribution in [0.4, 0.5) is 0 Å². The number of ether oxygens (including phenoxy) is 1. The third-order valence-corrected chi connectivity index (χ3v) is 1.47. The summed E-state index contributed by atoms with van der Waals surface area (Å²) in [6.07, 6.45) is -1.08. The van der Waals surface area contributed by atoms with Gasteiger partial charge in [0.25, 0.3) is 6.10 Å². The van der Waals surface area contributed by atoms with E-state index in [-0.39, 0.29) is 0 Å². The van der Waals surface area contributed by atoms with Crippen LogP contribution >= 0.6 is 23.2 Å². The molecule has 0 radical (unpaired) electrons. The molecule has 1 atom stereocenters. The average molecular weight is 228 g/mol. The first kappa shape index (κ1) is 12.5. The minimum absolute atomic E-state index is 0.653. The second kappa shape index (κ2) is 6.05. The second-order valence-corrected chi connectivity index (χ2v) is 3.59. The smallest absolute Gasteiger partial charge is 0.352 e. The van der Waals surface area contributed by atoms with Gasteiger partial charge in [0.2, 0.25) is 0 Å². The lowest BCUT2D eigenvalue weighted by Crippen LogP contribution is -2.30. The molecule has 0 saturated heterocycles. The molecule has 0 aromatic heterocycles. The maximum absolute atomic E-state index is 11.0. The van der Waals surface area contributed by atoms with Crippen LogP contribution in [-0.2, 0) is 14.4 Å². The van der Waals surface area contributed by atoms with Crippen LogP contribution in [-0.4, -0.2) is 29.7 Å². The van der Waals surface area contributed by atoms with Gasteiger partial charge in [-0.3, -0.25) is 0 Å². The lowest BCUT2D eigenvalue weighted by Gasteiger charge is -2.12. The molecule has 0 spiro atoms. The number of methoxy groups -OCH3 is 1. The molecule has 0 aliphatic carbocycles. The Labute approximate surface area is 86.8 Å². The van der Waals surface area contributed by atoms with Crippen LogP contribution in [0.2, 0.25) is 0 Å². The summed E-state index contributed by atoms with van der Waals surface area (Å²) >= 11 is 10.9. The Hall–Kier alpha value is -0.480. The molecule has 13 heavy (non-hydrogen) atoms. The van der Waals surface area contributed by atoms with Crippen LogP contribution in [0.25, 0.3) is 0 Å². The van der Waals surface area contributed by atoms with Crippen molar-refractivity contribution in [3.05, 3.63) is 0 Å². The number of rotatable bonds is 4. The molecule has 76 valence electrons. The van der Waals surface area contributed by atoms with E-state index in [0.717, 1.165) is 0 Å². The molecule has 0 aliphatic rings. The van der Waals surface area contributed by atoms with Gasteiger partial charge in [-0.25, -0.2) is 4.79 Å². The molecule has 0 N–H and O–H groups in total. The van der Waals surface area contributed by atoms with Crippen LogP contribution in [0.5, 0.6) is 0 Å². The van der Waals surface area contributed by atoms with Gasteiger partial charge in [0.15, 0.2) is 4.84 Å². The normalized spacial score (nSPS) is 12.2. The van der Waals surface area contributed by atoms with E-state index in [2.05, 4.69) is 9.89 Å². The summed E-state index contributed by atoms with van der Waals surface area (Å²) < 4.78 is 4.40. The highest BCUT2D eigenvalue weighted by Crippen LogP contribution is 2.13. The fraction of sp³-hybridized carbons (Fsp3) is 0.714. The van der Waals surface area contributed by atoms with E-state index < -0.39 is 16.9 Å². The van der Waals surface area contributed by atoms with Gasteiger partial charge in [-0.05, 0) is 13.8 Å². The topological polar surface area (TPSA) is 47.9 Å². The van der Waals surface area contributed by atoms with Gasteiger partial charge >= 0.3 is 5.97 Å². The van der Waals surface area contributed by atoms with Crippen LogP contribution in [0, 0.1) is 0 Å². The Kier molecular flexibility index (Phi) is 5.82. The van der Waals surface area contributed by atoms with E-state index in [4.69, 9.17) is 28.0 Å². The highest BCUT2D eigenvalue weighted by atomic mass is 35.5. The van der Waals surface area contributed by atoms with Crippen molar-refractivity contribution in [2.45, 2.75) is 24.8 Å². The molecular weight excluding hydrogens is 217 g/mol. The third kappa shape index (κ3) is 4.95. The number of hydrogen-bond donors (Lipinski definition) is 0. The molecule has 0 rings (SSSR count). The molecule has 0 amide bonds. The Balaban J connectivity index is 4.27. The summed E-state index contributed by atoms with van der Waals surface area (Å²) in [5.41, 5.74) is 0.655. The molecule has 0 heterocycles. The summed E-state index contributed by atoms with van der Waals surface area (Å²) in [6.45, 7) is 3.43. The lowest BCUT2D eigenvalue weighted by atomic mass is 10.4. The lowest BCUT2D eigenvalue weighted by molar-refractivity contribution is -0.153. The van der Waals surface area contributed by atoms with Crippen molar-refractivity contribution < 1.29 is 14.4 Å². The molecule has 4 nitrogen and oxygen atoms in total. The molecule has 6 heteroatoms. The van der Waals surface area contributed by atoms with Crippen LogP contribution in [0.15, 0.2) is 5.16 Å². The van der Waals surface area contributed by atoms with Crippen molar-refractivity contribution >= 4 is 34.9 Å². The number of oxime groups is 1. The summed E-state index contributed by atoms with van der Waals surface area (Å²) in [5.74, 6) is -0.653. The van der Waals surface area contributed by atoms with E-state index in [0.29, 0.717) is 5.71 Å². The molecule has 0 saturated carbocycles. The average Bonchev–Trinajstić information content (AvgIpc) is 2.03. The summed E-state index contributed by atoms with van der Waals surface area (Å²) in [7, 11) is 1.22. The van der Waals surface area contributed by atoms with Gasteiger partial charge in [0, 0.05) is 0 Å². The van der Waals surface area contributed by atoms with Crippen molar-refractivity contribution in [2.24, 2.45) is 5.16 Å². The zero-order chi connectivity index (χ0) is 10.4. The Morgan fingerprint density at radius 2 is 1.92 bits per heavy atom. The monoisotopic (exact) mass is 227 g/mol. The van der Waals surface area contributed by atoms with E-state index in [9.17, 15) is 4.79 Å². The van der Waals surface area contributed by atoms with Gasteiger partial charge in [-0.1, -0.05) is 5.16 Å². The zero-order valence-corrected chi connectivity index (χ0v) is 9.09. The van der Waals surface area contributed by atoms with E-state index in [1.54, 1.807) is 13.8 Å². The number of alkyl halides is 2. The Morgan fingerprint density at radius 3 is 2.23 bits per heavy atom. The van der Waals surface area contributed by atoms with Crippen molar-refractivity contribution in [1.82, 2.24) is 0 Å². The van der Waals surface area contributed by atoms with Crippen molar-refractivity contribution in [3.8, 4) is 0 Å². The summed E-state index contributed by atoms with van der Waals surface area (Å²) in [6, 6.07) is 0. The molecule has 0 fully saturated rings. The molecule has 0 bridgehead atoms. The SMILES string of the molecule is COC(=O)C(ON=C(C)C)C(Cl)Cl. The van der Waals surface area contributed by atoms with Crippen LogP contribution in [0.3, 0.4) is 0 Å². The highest BCUT2D eigenvalue weighted by molar-refractivity contribution is 6.45. The van der Waals surface area contributed by atoms with Gasteiger partial charge in [0.1, 0.15) is 0 Å². The summed E-state index contributed by atoms with van der Waals surface area (Å²) in [5, 5.41) is 3.56. The quantitative estimate of drug-likeness (QED) is 0.318. The molecule has 0 aliphatic heterocycles. The fourth-order valence-electron chi connectivity index (χ4n) is 0.470. The maximum atomic E-state index is 11.0. The number of esters is 1. The highest BCUT2D eigenvalue weighted by Gasteiger charge is 2.28. The third-order valence-electron chi connectivity index (χ3n) is 1.01. The minimum Gasteiger partial charge on any atom is -0.466 e. The minimum atomic E-state index is -1.08. The first-order valence-corrected chi connectivity index (χ1v) is 4.39. The zero-order valence-electron chi connectivity index (χ0n) is 7.58. The number of nitrogens with zero attached hydrogens (tertiary/aromatic N) is 1. The molecule has 0 aromatic carbocycles. The van der Waals surface area contributed by atoms with Crippen molar-refractivity contribution in [2.75, 3.05) is 7.11 Å². The maximum Gasteiger partial charge on any atom is 0.352 e. The van der Waals surface area contributed by atoms with Crippen LogP contribution in [0.1, 0.15) is 13.8 Å². The van der Waals surface area contributed by atoms with E-state index in [1.807, 2.05) is 0 Å². The molecule has 1 unspecified atom stereocenters. The predicted octanol–water partition coefficient (Wildman–Crippen LogP) is 1.74. The largest absolute Gasteiger partial charge is 0.466 e.